The minimum absolute atomic E-state index is 0.0136. The monoisotopic (exact) mass is 327 g/mol. The van der Waals surface area contributed by atoms with Gasteiger partial charge < -0.3 is 15.5 Å². The first-order chi connectivity index (χ1) is 10.4. The molecule has 0 aliphatic carbocycles. The van der Waals surface area contributed by atoms with Crippen LogP contribution in [0.15, 0.2) is 18.2 Å². The van der Waals surface area contributed by atoms with Crippen LogP contribution < -0.4 is 10.6 Å². The molecule has 1 aromatic carbocycles. The Kier molecular flexibility index (Phi) is 5.24. The van der Waals surface area contributed by atoms with Crippen LogP contribution in [0.1, 0.15) is 25.5 Å². The quantitative estimate of drug-likeness (QED) is 0.895. The van der Waals surface area contributed by atoms with Gasteiger partial charge in [-0.25, -0.2) is 9.18 Å². The Morgan fingerprint density at radius 3 is 2.77 bits per heavy atom. The Bertz CT molecular complexity index is 580. The molecule has 0 unspecified atom stereocenters. The van der Waals surface area contributed by atoms with E-state index in [2.05, 4.69) is 10.6 Å². The summed E-state index contributed by atoms with van der Waals surface area (Å²) < 4.78 is 14.1. The zero-order valence-electron chi connectivity index (χ0n) is 12.5. The Balaban J connectivity index is 2.15. The van der Waals surface area contributed by atoms with E-state index < -0.39 is 11.9 Å². The molecule has 0 radical (unpaired) electrons. The van der Waals surface area contributed by atoms with Crippen molar-refractivity contribution in [2.75, 3.05) is 19.6 Å². The lowest BCUT2D eigenvalue weighted by atomic mass is 9.95. The summed E-state index contributed by atoms with van der Waals surface area (Å²) in [6.45, 7) is 4.66. The SMILES string of the molecule is CC(C)[C@H](NC(=O)N1CCNC(=O)C1)c1ccc(Cl)cc1F. The Morgan fingerprint density at radius 2 is 2.18 bits per heavy atom. The number of carbonyl (C=O) groups excluding carboxylic acids is 2. The maximum absolute atomic E-state index is 14.1. The van der Waals surface area contributed by atoms with E-state index in [0.29, 0.717) is 23.7 Å². The van der Waals surface area contributed by atoms with Gasteiger partial charge in [-0.3, -0.25) is 4.79 Å². The van der Waals surface area contributed by atoms with Crippen LogP contribution in [-0.2, 0) is 4.79 Å². The normalized spacial score (nSPS) is 16.4. The summed E-state index contributed by atoms with van der Waals surface area (Å²) in [7, 11) is 0. The molecular weight excluding hydrogens is 309 g/mol. The van der Waals surface area contributed by atoms with E-state index in [4.69, 9.17) is 11.6 Å². The smallest absolute Gasteiger partial charge is 0.318 e. The lowest BCUT2D eigenvalue weighted by Crippen LogP contribution is -2.53. The van der Waals surface area contributed by atoms with Crippen LogP contribution >= 0.6 is 11.6 Å². The van der Waals surface area contributed by atoms with E-state index in [9.17, 15) is 14.0 Å². The van der Waals surface area contributed by atoms with Crippen LogP contribution in [0.5, 0.6) is 0 Å². The molecule has 1 aliphatic heterocycles. The number of hydrogen-bond acceptors (Lipinski definition) is 2. The average molecular weight is 328 g/mol. The van der Waals surface area contributed by atoms with Crippen molar-refractivity contribution < 1.29 is 14.0 Å². The number of rotatable bonds is 3. The molecule has 22 heavy (non-hydrogen) atoms. The van der Waals surface area contributed by atoms with E-state index in [1.807, 2.05) is 13.8 Å². The predicted molar refractivity (Wildman–Crippen MR) is 82.1 cm³/mol. The third kappa shape index (κ3) is 3.88. The second-order valence-electron chi connectivity index (χ2n) is 5.61. The fourth-order valence-electron chi connectivity index (χ4n) is 2.39. The molecule has 7 heteroatoms. The third-order valence-corrected chi connectivity index (χ3v) is 3.80. The average Bonchev–Trinajstić information content (AvgIpc) is 2.45. The van der Waals surface area contributed by atoms with Crippen LogP contribution in [0.25, 0.3) is 0 Å². The Morgan fingerprint density at radius 1 is 1.45 bits per heavy atom. The van der Waals surface area contributed by atoms with Gasteiger partial charge in [0.1, 0.15) is 12.4 Å². The minimum atomic E-state index is -0.491. The van der Waals surface area contributed by atoms with Crippen LogP contribution in [0.2, 0.25) is 5.02 Å². The van der Waals surface area contributed by atoms with Crippen molar-refractivity contribution in [1.29, 1.82) is 0 Å². The number of nitrogens with zero attached hydrogens (tertiary/aromatic N) is 1. The molecular formula is C15H19ClFN3O2. The van der Waals surface area contributed by atoms with Gasteiger partial charge in [-0.15, -0.1) is 0 Å². The summed E-state index contributed by atoms with van der Waals surface area (Å²) in [5, 5.41) is 5.77. The van der Waals surface area contributed by atoms with Gasteiger partial charge in [-0.1, -0.05) is 31.5 Å². The molecule has 0 aromatic heterocycles. The maximum Gasteiger partial charge on any atom is 0.318 e. The van der Waals surface area contributed by atoms with Crippen LogP contribution in [0.3, 0.4) is 0 Å². The standard InChI is InChI=1S/C15H19ClFN3O2/c1-9(2)14(11-4-3-10(16)7-12(11)17)19-15(22)20-6-5-18-13(21)8-20/h3-4,7,9,14H,5-6,8H2,1-2H3,(H,18,21)(H,19,22)/t14-/m0/s1. The first-order valence-electron chi connectivity index (χ1n) is 7.15. The number of piperazine rings is 1. The second kappa shape index (κ2) is 6.96. The molecule has 1 aromatic rings. The summed E-state index contributed by atoms with van der Waals surface area (Å²) in [6, 6.07) is 3.53. The fourth-order valence-corrected chi connectivity index (χ4v) is 2.55. The number of carbonyl (C=O) groups is 2. The van der Waals surface area contributed by atoms with E-state index in [1.165, 1.54) is 11.0 Å². The number of urea groups is 1. The molecule has 2 N–H and O–H groups in total. The van der Waals surface area contributed by atoms with Crippen molar-refractivity contribution in [2.24, 2.45) is 5.92 Å². The number of amides is 3. The van der Waals surface area contributed by atoms with Crippen molar-refractivity contribution >= 4 is 23.5 Å². The zero-order valence-corrected chi connectivity index (χ0v) is 13.3. The highest BCUT2D eigenvalue weighted by Crippen LogP contribution is 2.26. The molecule has 0 spiro atoms. The molecule has 1 fully saturated rings. The van der Waals surface area contributed by atoms with E-state index in [-0.39, 0.29) is 24.4 Å². The van der Waals surface area contributed by atoms with Crippen molar-refractivity contribution in [1.82, 2.24) is 15.5 Å². The molecule has 120 valence electrons. The van der Waals surface area contributed by atoms with Crippen molar-refractivity contribution in [3.8, 4) is 0 Å². The van der Waals surface area contributed by atoms with Gasteiger partial charge in [0, 0.05) is 23.7 Å². The minimum Gasteiger partial charge on any atom is -0.353 e. The van der Waals surface area contributed by atoms with Crippen molar-refractivity contribution in [2.45, 2.75) is 19.9 Å². The lowest BCUT2D eigenvalue weighted by Gasteiger charge is -2.30. The third-order valence-electron chi connectivity index (χ3n) is 3.57. The summed E-state index contributed by atoms with van der Waals surface area (Å²) in [5.74, 6) is -0.665. The molecule has 1 heterocycles. The summed E-state index contributed by atoms with van der Waals surface area (Å²) in [4.78, 5) is 25.1. The van der Waals surface area contributed by atoms with Crippen LogP contribution in [-0.4, -0.2) is 36.5 Å². The summed E-state index contributed by atoms with van der Waals surface area (Å²) >= 11 is 5.76. The molecule has 0 saturated carbocycles. The molecule has 3 amide bonds. The van der Waals surface area contributed by atoms with Crippen molar-refractivity contribution in [3.63, 3.8) is 0 Å². The largest absolute Gasteiger partial charge is 0.353 e. The van der Waals surface area contributed by atoms with Gasteiger partial charge in [-0.2, -0.15) is 0 Å². The molecule has 1 atom stereocenters. The van der Waals surface area contributed by atoms with Crippen molar-refractivity contribution in [3.05, 3.63) is 34.6 Å². The molecule has 2 rings (SSSR count). The first kappa shape index (κ1) is 16.5. The van der Waals surface area contributed by atoms with Gasteiger partial charge in [0.15, 0.2) is 0 Å². The highest BCUT2D eigenvalue weighted by molar-refractivity contribution is 6.30. The number of halogens is 2. The van der Waals surface area contributed by atoms with Gasteiger partial charge in [-0.05, 0) is 18.1 Å². The van der Waals surface area contributed by atoms with Gasteiger partial charge in [0.25, 0.3) is 0 Å². The van der Waals surface area contributed by atoms with Crippen LogP contribution in [0.4, 0.5) is 9.18 Å². The molecule has 1 saturated heterocycles. The van der Waals surface area contributed by atoms with Gasteiger partial charge in [0.05, 0.1) is 6.04 Å². The van der Waals surface area contributed by atoms with E-state index in [0.717, 1.165) is 0 Å². The molecule has 0 bridgehead atoms. The maximum atomic E-state index is 14.1. The highest BCUT2D eigenvalue weighted by Gasteiger charge is 2.26. The van der Waals surface area contributed by atoms with Gasteiger partial charge in [0.2, 0.25) is 5.91 Å². The zero-order chi connectivity index (χ0) is 16.3. The predicted octanol–water partition coefficient (Wildman–Crippen LogP) is 2.32. The second-order valence-corrected chi connectivity index (χ2v) is 6.04. The highest BCUT2D eigenvalue weighted by atomic mass is 35.5. The Labute approximate surface area is 133 Å². The lowest BCUT2D eigenvalue weighted by molar-refractivity contribution is -0.123. The Hall–Kier alpha value is -1.82. The van der Waals surface area contributed by atoms with Crippen LogP contribution in [0, 0.1) is 11.7 Å². The topological polar surface area (TPSA) is 61.4 Å². The fraction of sp³-hybridized carbons (Fsp3) is 0.467. The molecule has 5 nitrogen and oxygen atoms in total. The summed E-state index contributed by atoms with van der Waals surface area (Å²) in [6.07, 6.45) is 0. The first-order valence-corrected chi connectivity index (χ1v) is 7.53. The van der Waals surface area contributed by atoms with E-state index >= 15 is 0 Å². The molecule has 1 aliphatic rings. The van der Waals surface area contributed by atoms with Gasteiger partial charge >= 0.3 is 6.03 Å². The number of hydrogen-bond donors (Lipinski definition) is 2. The van der Waals surface area contributed by atoms with E-state index in [1.54, 1.807) is 12.1 Å². The number of nitrogens with one attached hydrogen (secondary N) is 2. The summed E-state index contributed by atoms with van der Waals surface area (Å²) in [5.41, 5.74) is 0.384. The number of benzene rings is 1.